The van der Waals surface area contributed by atoms with Gasteiger partial charge in [-0.25, -0.2) is 0 Å². The van der Waals surface area contributed by atoms with Crippen LogP contribution in [0.15, 0.2) is 36.4 Å². The van der Waals surface area contributed by atoms with E-state index in [4.69, 9.17) is 9.47 Å². The van der Waals surface area contributed by atoms with Crippen LogP contribution in [0.2, 0.25) is 0 Å². The molecule has 0 saturated heterocycles. The second-order valence-electron chi connectivity index (χ2n) is 9.82. The van der Waals surface area contributed by atoms with E-state index in [1.54, 1.807) is 29.2 Å². The molecule has 0 bridgehead atoms. The molecule has 9 nitrogen and oxygen atoms in total. The summed E-state index contributed by atoms with van der Waals surface area (Å²) < 4.78 is 11.7. The van der Waals surface area contributed by atoms with Gasteiger partial charge in [0.15, 0.2) is 11.5 Å². The predicted molar refractivity (Wildman–Crippen MR) is 137 cm³/mol. The number of aliphatic hydroxyl groups is 2. The van der Waals surface area contributed by atoms with Crippen LogP contribution in [0.3, 0.4) is 0 Å². The van der Waals surface area contributed by atoms with Crippen molar-refractivity contribution >= 4 is 18.1 Å². The van der Waals surface area contributed by atoms with Crippen molar-refractivity contribution in [3.63, 3.8) is 0 Å². The van der Waals surface area contributed by atoms with Crippen molar-refractivity contribution < 1.29 is 34.1 Å². The number of carbonyl (C=O) groups excluding carboxylic acids is 3. The van der Waals surface area contributed by atoms with Gasteiger partial charge < -0.3 is 29.9 Å². The third kappa shape index (κ3) is 5.29. The Bertz CT molecular complexity index is 1060. The zero-order valence-electron chi connectivity index (χ0n) is 21.2. The van der Waals surface area contributed by atoms with Crippen LogP contribution in [0.5, 0.6) is 11.5 Å². The van der Waals surface area contributed by atoms with Crippen LogP contribution in [0.25, 0.3) is 0 Å². The van der Waals surface area contributed by atoms with E-state index in [1.807, 2.05) is 0 Å². The third-order valence-electron chi connectivity index (χ3n) is 7.55. The van der Waals surface area contributed by atoms with E-state index in [1.165, 1.54) is 7.11 Å². The summed E-state index contributed by atoms with van der Waals surface area (Å²) in [5.74, 6) is -0.498. The van der Waals surface area contributed by atoms with Gasteiger partial charge in [0.1, 0.15) is 18.5 Å². The smallest absolute Gasteiger partial charge is 0.247 e. The van der Waals surface area contributed by atoms with Gasteiger partial charge in [-0.1, -0.05) is 25.3 Å². The van der Waals surface area contributed by atoms with Crippen LogP contribution in [-0.2, 0) is 9.59 Å². The van der Waals surface area contributed by atoms with Crippen LogP contribution in [0, 0.1) is 0 Å². The van der Waals surface area contributed by atoms with E-state index in [0.717, 1.165) is 32.1 Å². The quantitative estimate of drug-likeness (QED) is 0.324. The first-order valence-corrected chi connectivity index (χ1v) is 13.0. The summed E-state index contributed by atoms with van der Waals surface area (Å²) in [5, 5.41) is 23.7. The number of carbonyl (C=O) groups is 3. The first-order valence-electron chi connectivity index (χ1n) is 13.0. The summed E-state index contributed by atoms with van der Waals surface area (Å²) in [6.07, 6.45) is 7.59. The number of methoxy groups -OCH3 is 1. The van der Waals surface area contributed by atoms with E-state index < -0.39 is 30.1 Å². The lowest BCUT2D eigenvalue weighted by Gasteiger charge is -2.45. The molecule has 37 heavy (non-hydrogen) atoms. The molecule has 0 radical (unpaired) electrons. The van der Waals surface area contributed by atoms with E-state index >= 15 is 0 Å². The standard InChI is InChI=1S/C28H36N2O7/c1-3-4-10-23(33)30(18-8-6-5-7-9-18)21-15-20(28(35)29-11-12-31)24-19-13-17(16-32)14-22(36-2)26(19)37-27(24)25(21)34/h3,13-16,18,21,24-25,27,31,34H,1,4-12H2,2H3,(H,29,35)/t21-,24+,25+,27+/m1/s1. The van der Waals surface area contributed by atoms with Crippen molar-refractivity contribution in [1.82, 2.24) is 10.2 Å². The van der Waals surface area contributed by atoms with Crippen molar-refractivity contribution in [3.05, 3.63) is 47.6 Å². The third-order valence-corrected chi connectivity index (χ3v) is 7.55. The molecule has 1 saturated carbocycles. The number of hydrogen-bond donors (Lipinski definition) is 3. The average molecular weight is 513 g/mol. The highest BCUT2D eigenvalue weighted by Gasteiger charge is 2.52. The molecule has 4 rings (SSSR count). The van der Waals surface area contributed by atoms with Crippen molar-refractivity contribution in [3.8, 4) is 11.5 Å². The fraction of sp³-hybridized carbons (Fsp3) is 0.536. The molecular weight excluding hydrogens is 476 g/mol. The molecule has 1 fully saturated rings. The molecule has 2 aliphatic carbocycles. The molecule has 0 spiro atoms. The summed E-state index contributed by atoms with van der Waals surface area (Å²) in [7, 11) is 1.46. The van der Waals surface area contributed by atoms with E-state index in [0.29, 0.717) is 40.9 Å². The average Bonchev–Trinajstić information content (AvgIpc) is 3.32. The number of amides is 2. The Morgan fingerprint density at radius 2 is 2.03 bits per heavy atom. The van der Waals surface area contributed by atoms with Crippen molar-refractivity contribution in [2.45, 2.75) is 75.2 Å². The van der Waals surface area contributed by atoms with Crippen LogP contribution in [0.4, 0.5) is 0 Å². The molecule has 3 N–H and O–H groups in total. The molecule has 200 valence electrons. The fourth-order valence-corrected chi connectivity index (χ4v) is 5.86. The first kappa shape index (κ1) is 26.9. The van der Waals surface area contributed by atoms with E-state index in [2.05, 4.69) is 11.9 Å². The van der Waals surface area contributed by atoms with Gasteiger partial charge in [0, 0.05) is 35.7 Å². The number of hydrogen-bond acceptors (Lipinski definition) is 7. The number of rotatable bonds is 10. The summed E-state index contributed by atoms with van der Waals surface area (Å²) in [5.41, 5.74) is 1.25. The first-order chi connectivity index (χ1) is 17.9. The van der Waals surface area contributed by atoms with Gasteiger partial charge in [0.2, 0.25) is 11.8 Å². The lowest BCUT2D eigenvalue weighted by Crippen LogP contribution is -2.58. The summed E-state index contributed by atoms with van der Waals surface area (Å²) in [6.45, 7) is 3.55. The van der Waals surface area contributed by atoms with E-state index in [9.17, 15) is 24.6 Å². The SMILES string of the molecule is C=CCCC(=O)N(C1CCCCC1)[C@@H]1C=C(C(=O)NCCO)[C@@H]2c3cc(C=O)cc(OC)c3O[C@@H]2[C@H]1O. The van der Waals surface area contributed by atoms with Gasteiger partial charge in [0.25, 0.3) is 0 Å². The highest BCUT2D eigenvalue weighted by molar-refractivity contribution is 5.96. The number of ether oxygens (including phenoxy) is 2. The Morgan fingerprint density at radius 1 is 1.27 bits per heavy atom. The van der Waals surface area contributed by atoms with Gasteiger partial charge >= 0.3 is 0 Å². The minimum atomic E-state index is -1.12. The molecule has 2 amide bonds. The second-order valence-corrected chi connectivity index (χ2v) is 9.82. The van der Waals surface area contributed by atoms with Crippen LogP contribution < -0.4 is 14.8 Å². The number of nitrogens with one attached hydrogen (secondary N) is 1. The number of aldehydes is 1. The predicted octanol–water partition coefficient (Wildman–Crippen LogP) is 2.26. The number of benzene rings is 1. The van der Waals surface area contributed by atoms with Crippen molar-refractivity contribution in [1.29, 1.82) is 0 Å². The zero-order chi connectivity index (χ0) is 26.5. The molecule has 1 aromatic rings. The number of nitrogens with zero attached hydrogens (tertiary/aromatic N) is 1. The minimum Gasteiger partial charge on any atom is -0.493 e. The Balaban J connectivity index is 1.81. The summed E-state index contributed by atoms with van der Waals surface area (Å²) >= 11 is 0. The molecule has 9 heteroatoms. The monoisotopic (exact) mass is 512 g/mol. The van der Waals surface area contributed by atoms with Gasteiger partial charge in [-0.2, -0.15) is 0 Å². The molecule has 1 heterocycles. The van der Waals surface area contributed by atoms with Crippen molar-refractivity contribution in [2.75, 3.05) is 20.3 Å². The normalized spacial score (nSPS) is 24.7. The second kappa shape index (κ2) is 11.9. The summed E-state index contributed by atoms with van der Waals surface area (Å²) in [4.78, 5) is 40.2. The Morgan fingerprint density at radius 3 is 2.68 bits per heavy atom. The largest absolute Gasteiger partial charge is 0.493 e. The Hall–Kier alpha value is -3.17. The highest BCUT2D eigenvalue weighted by Crippen LogP contribution is 2.51. The van der Waals surface area contributed by atoms with Gasteiger partial charge in [-0.05, 0) is 37.5 Å². The maximum absolute atomic E-state index is 13.5. The number of allylic oxidation sites excluding steroid dienone is 1. The Labute approximate surface area is 217 Å². The molecular formula is C28H36N2O7. The molecule has 1 aliphatic heterocycles. The maximum atomic E-state index is 13.5. The van der Waals surface area contributed by atoms with Gasteiger partial charge in [-0.3, -0.25) is 14.4 Å². The lowest BCUT2D eigenvalue weighted by molar-refractivity contribution is -0.141. The zero-order valence-corrected chi connectivity index (χ0v) is 21.2. The van der Waals surface area contributed by atoms with Crippen LogP contribution in [-0.4, -0.2) is 77.8 Å². The molecule has 3 aliphatic rings. The van der Waals surface area contributed by atoms with Crippen molar-refractivity contribution in [2.24, 2.45) is 0 Å². The van der Waals surface area contributed by atoms with Gasteiger partial charge in [0.05, 0.1) is 25.7 Å². The van der Waals surface area contributed by atoms with E-state index in [-0.39, 0.29) is 31.5 Å². The Kier molecular flexibility index (Phi) is 8.66. The highest BCUT2D eigenvalue weighted by atomic mass is 16.5. The van der Waals surface area contributed by atoms with Gasteiger partial charge in [-0.15, -0.1) is 6.58 Å². The molecule has 0 aromatic heterocycles. The van der Waals surface area contributed by atoms with Crippen LogP contribution >= 0.6 is 0 Å². The molecule has 4 atom stereocenters. The number of aliphatic hydroxyl groups excluding tert-OH is 2. The minimum absolute atomic E-state index is 0.0524. The molecule has 1 aromatic carbocycles. The topological polar surface area (TPSA) is 125 Å². The fourth-order valence-electron chi connectivity index (χ4n) is 5.86. The number of fused-ring (bicyclic) bond motifs is 3. The van der Waals surface area contributed by atoms with Crippen LogP contribution in [0.1, 0.15) is 66.8 Å². The maximum Gasteiger partial charge on any atom is 0.247 e. The lowest BCUT2D eigenvalue weighted by atomic mass is 9.76. The summed E-state index contributed by atoms with van der Waals surface area (Å²) in [6, 6.07) is 2.36. The molecule has 0 unspecified atom stereocenters.